The van der Waals surface area contributed by atoms with Crippen molar-refractivity contribution in [3.8, 4) is 5.69 Å². The molecule has 0 spiro atoms. The highest BCUT2D eigenvalue weighted by molar-refractivity contribution is 6.30. The molecular weight excluding hydrogens is 423 g/mol. The summed E-state index contributed by atoms with van der Waals surface area (Å²) in [5, 5.41) is 3.16. The van der Waals surface area contributed by atoms with Crippen LogP contribution in [0.15, 0.2) is 64.2 Å². The zero-order chi connectivity index (χ0) is 22.3. The number of carbonyl (C=O) groups excluding carboxylic acids is 1. The monoisotopic (exact) mass is 440 g/mol. The van der Waals surface area contributed by atoms with Crippen LogP contribution in [0.25, 0.3) is 16.7 Å². The molecule has 4 aromatic rings. The molecule has 4 rings (SSSR count). The van der Waals surface area contributed by atoms with Gasteiger partial charge in [0.25, 0.3) is 5.56 Å². The first kappa shape index (κ1) is 20.6. The Hall–Kier alpha value is -3.65. The molecule has 0 aliphatic carbocycles. The van der Waals surface area contributed by atoms with Crippen LogP contribution in [-0.2, 0) is 18.4 Å². The van der Waals surface area contributed by atoms with E-state index in [1.165, 1.54) is 16.7 Å². The van der Waals surface area contributed by atoms with E-state index < -0.39 is 23.0 Å². The van der Waals surface area contributed by atoms with Crippen molar-refractivity contribution in [2.45, 2.75) is 13.5 Å². The van der Waals surface area contributed by atoms with Gasteiger partial charge in [0.15, 0.2) is 0 Å². The normalized spacial score (nSPS) is 11.1. The molecule has 0 radical (unpaired) electrons. The fourth-order valence-corrected chi connectivity index (χ4v) is 3.66. The van der Waals surface area contributed by atoms with Crippen LogP contribution in [0.3, 0.4) is 0 Å². The van der Waals surface area contributed by atoms with Crippen LogP contribution in [-0.4, -0.2) is 19.6 Å². The minimum atomic E-state index is -0.698. The molecule has 31 heavy (non-hydrogen) atoms. The number of halogens is 2. The number of rotatable bonds is 4. The first-order chi connectivity index (χ1) is 14.8. The average Bonchev–Trinajstić information content (AvgIpc) is 3.01. The lowest BCUT2D eigenvalue weighted by molar-refractivity contribution is -0.116. The fourth-order valence-electron chi connectivity index (χ4n) is 3.47. The van der Waals surface area contributed by atoms with E-state index in [1.54, 1.807) is 48.9 Å². The summed E-state index contributed by atoms with van der Waals surface area (Å²) in [6, 6.07) is 13.3. The van der Waals surface area contributed by atoms with Crippen LogP contribution in [0.4, 0.5) is 10.1 Å². The molecule has 1 amide bonds. The smallest absolute Gasteiger partial charge is 0.336 e. The van der Waals surface area contributed by atoms with Crippen molar-refractivity contribution in [3.63, 3.8) is 0 Å². The molecule has 7 nitrogen and oxygen atoms in total. The predicted molar refractivity (Wildman–Crippen MR) is 118 cm³/mol. The van der Waals surface area contributed by atoms with Gasteiger partial charge >= 0.3 is 5.69 Å². The largest absolute Gasteiger partial charge is 0.342 e. The summed E-state index contributed by atoms with van der Waals surface area (Å²) in [4.78, 5) is 39.1. The van der Waals surface area contributed by atoms with Crippen molar-refractivity contribution in [2.75, 3.05) is 5.32 Å². The lowest BCUT2D eigenvalue weighted by Gasteiger charge is -2.13. The van der Waals surface area contributed by atoms with Gasteiger partial charge in [-0.3, -0.25) is 14.2 Å². The molecule has 158 valence electrons. The number of anilines is 1. The summed E-state index contributed by atoms with van der Waals surface area (Å²) in [5.74, 6) is -0.953. The van der Waals surface area contributed by atoms with Crippen molar-refractivity contribution in [3.05, 3.63) is 92.0 Å². The van der Waals surface area contributed by atoms with E-state index in [1.807, 2.05) is 0 Å². The number of hydrogen-bond acceptors (Lipinski definition) is 3. The number of hydrogen-bond donors (Lipinski definition) is 1. The summed E-state index contributed by atoms with van der Waals surface area (Å²) in [5.41, 5.74) is 0.794. The highest BCUT2D eigenvalue weighted by atomic mass is 35.5. The van der Waals surface area contributed by atoms with E-state index in [4.69, 9.17) is 11.6 Å². The minimum Gasteiger partial charge on any atom is -0.342 e. The Kier molecular flexibility index (Phi) is 5.24. The summed E-state index contributed by atoms with van der Waals surface area (Å²) in [7, 11) is 1.70. The number of nitrogens with zero attached hydrogens (tertiary/aromatic N) is 3. The Morgan fingerprint density at radius 1 is 1.10 bits per heavy atom. The summed E-state index contributed by atoms with van der Waals surface area (Å²) < 4.78 is 17.2. The van der Waals surface area contributed by atoms with Gasteiger partial charge in [0.1, 0.15) is 17.9 Å². The second-order valence-electron chi connectivity index (χ2n) is 7.12. The maximum atomic E-state index is 13.4. The Bertz CT molecular complexity index is 1430. The van der Waals surface area contributed by atoms with Crippen LogP contribution in [0.5, 0.6) is 0 Å². The molecule has 0 unspecified atom stereocenters. The van der Waals surface area contributed by atoms with Gasteiger partial charge in [-0.25, -0.2) is 13.8 Å². The third kappa shape index (κ3) is 3.77. The van der Waals surface area contributed by atoms with E-state index in [-0.39, 0.29) is 17.7 Å². The average molecular weight is 441 g/mol. The quantitative estimate of drug-likeness (QED) is 0.529. The Balaban J connectivity index is 1.87. The lowest BCUT2D eigenvalue weighted by atomic mass is 10.3. The fraction of sp³-hybridized carbons (Fsp3) is 0.136. The Morgan fingerprint density at radius 3 is 2.48 bits per heavy atom. The van der Waals surface area contributed by atoms with Gasteiger partial charge in [0, 0.05) is 23.5 Å². The van der Waals surface area contributed by atoms with E-state index >= 15 is 0 Å². The zero-order valence-electron chi connectivity index (χ0n) is 16.7. The lowest BCUT2D eigenvalue weighted by Crippen LogP contribution is -2.41. The summed E-state index contributed by atoms with van der Waals surface area (Å²) >= 11 is 5.96. The third-order valence-corrected chi connectivity index (χ3v) is 5.30. The zero-order valence-corrected chi connectivity index (χ0v) is 17.5. The highest BCUT2D eigenvalue weighted by Gasteiger charge is 2.20. The predicted octanol–water partition coefficient (Wildman–Crippen LogP) is 3.23. The number of fused-ring (bicyclic) bond motifs is 1. The van der Waals surface area contributed by atoms with Crippen molar-refractivity contribution < 1.29 is 9.18 Å². The third-order valence-electron chi connectivity index (χ3n) is 5.07. The van der Waals surface area contributed by atoms with Crippen LogP contribution in [0.1, 0.15) is 5.69 Å². The first-order valence-corrected chi connectivity index (χ1v) is 9.77. The summed E-state index contributed by atoms with van der Waals surface area (Å²) in [6.07, 6.45) is 0. The molecule has 0 aliphatic heterocycles. The van der Waals surface area contributed by atoms with Crippen LogP contribution >= 0.6 is 11.6 Å². The van der Waals surface area contributed by atoms with E-state index in [9.17, 15) is 18.8 Å². The second-order valence-corrected chi connectivity index (χ2v) is 7.56. The van der Waals surface area contributed by atoms with Gasteiger partial charge < -0.3 is 9.88 Å². The van der Waals surface area contributed by atoms with E-state index in [0.717, 1.165) is 22.4 Å². The second kappa shape index (κ2) is 7.88. The van der Waals surface area contributed by atoms with Crippen molar-refractivity contribution >= 4 is 34.2 Å². The highest BCUT2D eigenvalue weighted by Crippen LogP contribution is 2.17. The van der Waals surface area contributed by atoms with E-state index in [0.29, 0.717) is 16.2 Å². The van der Waals surface area contributed by atoms with Gasteiger partial charge in [-0.2, -0.15) is 0 Å². The standard InChI is InChI=1S/C22H18ClFN4O3/c1-13-10-18-20(26(13)2)21(30)28(17-8-6-15(24)7-9-17)22(31)27(18)12-19(29)25-16-5-3-4-14(23)11-16/h3-11H,12H2,1-2H3,(H,25,29). The van der Waals surface area contributed by atoms with E-state index in [2.05, 4.69) is 5.32 Å². The number of aryl methyl sites for hydroxylation is 2. The van der Waals surface area contributed by atoms with Crippen molar-refractivity contribution in [1.29, 1.82) is 0 Å². The molecule has 0 aliphatic rings. The first-order valence-electron chi connectivity index (χ1n) is 9.39. The number of nitrogens with one attached hydrogen (secondary N) is 1. The Morgan fingerprint density at radius 2 is 1.81 bits per heavy atom. The molecule has 2 heterocycles. The number of amides is 1. The van der Waals surface area contributed by atoms with Crippen LogP contribution in [0, 0.1) is 12.7 Å². The Labute approximate surface area is 180 Å². The van der Waals surface area contributed by atoms with Gasteiger partial charge in [-0.1, -0.05) is 17.7 Å². The molecule has 0 fully saturated rings. The topological polar surface area (TPSA) is 78.0 Å². The molecule has 2 aromatic carbocycles. The molecule has 9 heteroatoms. The molecule has 0 bridgehead atoms. The van der Waals surface area contributed by atoms with Gasteiger partial charge in [0.05, 0.1) is 11.2 Å². The number of carbonyl (C=O) groups is 1. The van der Waals surface area contributed by atoms with Gasteiger partial charge in [-0.05, 0) is 55.5 Å². The van der Waals surface area contributed by atoms with Crippen molar-refractivity contribution in [1.82, 2.24) is 13.7 Å². The summed E-state index contributed by atoms with van der Waals surface area (Å²) in [6.45, 7) is 1.47. The molecule has 0 saturated heterocycles. The maximum Gasteiger partial charge on any atom is 0.336 e. The molecule has 0 atom stereocenters. The minimum absolute atomic E-state index is 0.209. The molecule has 1 N–H and O–H groups in total. The SMILES string of the molecule is Cc1cc2c(c(=O)n(-c3ccc(F)cc3)c(=O)n2CC(=O)Nc2cccc(Cl)c2)n1C. The van der Waals surface area contributed by atoms with Gasteiger partial charge in [0.2, 0.25) is 5.91 Å². The van der Waals surface area contributed by atoms with Crippen LogP contribution in [0.2, 0.25) is 5.02 Å². The maximum absolute atomic E-state index is 13.4. The number of aromatic nitrogens is 3. The number of benzene rings is 2. The van der Waals surface area contributed by atoms with Crippen molar-refractivity contribution in [2.24, 2.45) is 7.05 Å². The van der Waals surface area contributed by atoms with Gasteiger partial charge in [-0.15, -0.1) is 0 Å². The molecule has 2 aromatic heterocycles. The van der Waals surface area contributed by atoms with Crippen LogP contribution < -0.4 is 16.6 Å². The molecular formula is C22H18ClFN4O3. The molecule has 0 saturated carbocycles.